The number of halogens is 3. The molecule has 21 heavy (non-hydrogen) atoms. The van der Waals surface area contributed by atoms with E-state index >= 15 is 0 Å². The summed E-state index contributed by atoms with van der Waals surface area (Å²) in [6.07, 6.45) is 2.58. The maximum atomic E-state index is 12.8. The van der Waals surface area contributed by atoms with Gasteiger partial charge in [0.1, 0.15) is 6.54 Å². The van der Waals surface area contributed by atoms with Gasteiger partial charge in [-0.2, -0.15) is 13.2 Å². The molecule has 1 saturated carbocycles. The van der Waals surface area contributed by atoms with E-state index in [2.05, 4.69) is 5.32 Å². The van der Waals surface area contributed by atoms with E-state index in [4.69, 9.17) is 0 Å². The number of alkyl halides is 3. The maximum Gasteiger partial charge on any atom is 0.406 e. The summed E-state index contributed by atoms with van der Waals surface area (Å²) < 4.78 is 38.3. The molecule has 0 radical (unpaired) electrons. The molecule has 1 amide bonds. The number of carbonyl (C=O) groups is 1. The van der Waals surface area contributed by atoms with Crippen LogP contribution in [0.1, 0.15) is 51.4 Å². The summed E-state index contributed by atoms with van der Waals surface area (Å²) in [4.78, 5) is 13.4. The van der Waals surface area contributed by atoms with Gasteiger partial charge in [-0.15, -0.1) is 0 Å². The highest BCUT2D eigenvalue weighted by Gasteiger charge is 2.36. The van der Waals surface area contributed by atoms with Crippen LogP contribution in [0.5, 0.6) is 0 Å². The Balaban J connectivity index is 1.90. The molecule has 122 valence electrons. The summed E-state index contributed by atoms with van der Waals surface area (Å²) >= 11 is 0. The molecule has 2 aliphatic rings. The van der Waals surface area contributed by atoms with Crippen molar-refractivity contribution in [2.75, 3.05) is 19.6 Å². The first-order valence-corrected chi connectivity index (χ1v) is 8.02. The third-order valence-electron chi connectivity index (χ3n) is 4.66. The zero-order chi connectivity index (χ0) is 15.3. The van der Waals surface area contributed by atoms with Gasteiger partial charge in [0.2, 0.25) is 5.91 Å². The largest absolute Gasteiger partial charge is 0.406 e. The van der Waals surface area contributed by atoms with Crippen LogP contribution in [-0.4, -0.2) is 42.7 Å². The van der Waals surface area contributed by atoms with E-state index in [1.54, 1.807) is 0 Å². The number of piperidine rings is 1. The molecule has 0 aromatic heterocycles. The Kier molecular flexibility index (Phi) is 5.90. The van der Waals surface area contributed by atoms with Gasteiger partial charge < -0.3 is 10.2 Å². The molecule has 1 saturated heterocycles. The third-order valence-corrected chi connectivity index (χ3v) is 4.66. The van der Waals surface area contributed by atoms with Crippen molar-refractivity contribution in [2.24, 2.45) is 5.92 Å². The molecule has 0 aromatic carbocycles. The number of rotatable bonds is 5. The molecule has 0 bridgehead atoms. The first-order chi connectivity index (χ1) is 9.96. The molecule has 0 aromatic rings. The monoisotopic (exact) mass is 306 g/mol. The van der Waals surface area contributed by atoms with Gasteiger partial charge in [0, 0.05) is 12.5 Å². The SMILES string of the molecule is O=C(CCC1CCCC1)N(CC(F)(F)F)C1CCNCC1. The Morgan fingerprint density at radius 3 is 2.29 bits per heavy atom. The van der Waals surface area contributed by atoms with Crippen LogP contribution in [-0.2, 0) is 4.79 Å². The van der Waals surface area contributed by atoms with Crippen molar-refractivity contribution in [3.05, 3.63) is 0 Å². The van der Waals surface area contributed by atoms with Gasteiger partial charge in [-0.3, -0.25) is 4.79 Å². The van der Waals surface area contributed by atoms with Crippen LogP contribution in [0.4, 0.5) is 13.2 Å². The maximum absolute atomic E-state index is 12.8. The lowest BCUT2D eigenvalue weighted by atomic mass is 9.99. The number of hydrogen-bond acceptors (Lipinski definition) is 2. The van der Waals surface area contributed by atoms with Crippen molar-refractivity contribution < 1.29 is 18.0 Å². The Bertz CT molecular complexity index is 334. The van der Waals surface area contributed by atoms with E-state index in [0.717, 1.165) is 24.2 Å². The Morgan fingerprint density at radius 1 is 1.10 bits per heavy atom. The highest BCUT2D eigenvalue weighted by molar-refractivity contribution is 5.76. The van der Waals surface area contributed by atoms with Crippen LogP contribution in [0.2, 0.25) is 0 Å². The molecule has 2 rings (SSSR count). The Morgan fingerprint density at radius 2 is 1.71 bits per heavy atom. The molecule has 0 atom stereocenters. The minimum absolute atomic E-state index is 0.260. The number of carbonyl (C=O) groups excluding carboxylic acids is 1. The molecular weight excluding hydrogens is 281 g/mol. The van der Waals surface area contributed by atoms with Gasteiger partial charge in [-0.05, 0) is 38.3 Å². The van der Waals surface area contributed by atoms with Crippen LogP contribution in [0.3, 0.4) is 0 Å². The van der Waals surface area contributed by atoms with Gasteiger partial charge in [0.05, 0.1) is 0 Å². The molecule has 0 spiro atoms. The first kappa shape index (κ1) is 16.6. The molecule has 2 fully saturated rings. The normalized spacial score (nSPS) is 21.7. The number of amides is 1. The lowest BCUT2D eigenvalue weighted by molar-refractivity contribution is -0.167. The van der Waals surface area contributed by atoms with E-state index in [9.17, 15) is 18.0 Å². The Labute approximate surface area is 124 Å². The average molecular weight is 306 g/mol. The van der Waals surface area contributed by atoms with Crippen molar-refractivity contribution in [1.29, 1.82) is 0 Å². The highest BCUT2D eigenvalue weighted by atomic mass is 19.4. The van der Waals surface area contributed by atoms with Gasteiger partial charge in [-0.1, -0.05) is 25.7 Å². The van der Waals surface area contributed by atoms with Crippen molar-refractivity contribution in [1.82, 2.24) is 10.2 Å². The molecule has 1 aliphatic carbocycles. The average Bonchev–Trinajstić information content (AvgIpc) is 2.95. The van der Waals surface area contributed by atoms with Crippen molar-refractivity contribution in [3.8, 4) is 0 Å². The predicted octanol–water partition coefficient (Wildman–Crippen LogP) is 3.10. The summed E-state index contributed by atoms with van der Waals surface area (Å²) in [7, 11) is 0. The summed E-state index contributed by atoms with van der Waals surface area (Å²) in [5, 5.41) is 3.13. The summed E-state index contributed by atoms with van der Waals surface area (Å²) in [5.74, 6) is 0.223. The third kappa shape index (κ3) is 5.49. The molecule has 0 unspecified atom stereocenters. The molecule has 1 N–H and O–H groups in total. The molecular formula is C15H25F3N2O. The standard InChI is InChI=1S/C15H25F3N2O/c16-15(17,18)11-20(13-7-9-19-10-8-13)14(21)6-5-12-3-1-2-4-12/h12-13,19H,1-11H2. The summed E-state index contributed by atoms with van der Waals surface area (Å²) in [6.45, 7) is 0.283. The van der Waals surface area contributed by atoms with E-state index in [-0.39, 0.29) is 18.4 Å². The highest BCUT2D eigenvalue weighted by Crippen LogP contribution is 2.29. The van der Waals surface area contributed by atoms with Crippen LogP contribution < -0.4 is 5.32 Å². The fraction of sp³-hybridized carbons (Fsp3) is 0.933. The summed E-state index contributed by atoms with van der Waals surface area (Å²) in [5.41, 5.74) is 0. The summed E-state index contributed by atoms with van der Waals surface area (Å²) in [6, 6.07) is -0.260. The quantitative estimate of drug-likeness (QED) is 0.846. The van der Waals surface area contributed by atoms with Gasteiger partial charge >= 0.3 is 6.18 Å². The molecule has 3 nitrogen and oxygen atoms in total. The number of nitrogens with one attached hydrogen (secondary N) is 1. The predicted molar refractivity (Wildman–Crippen MR) is 74.9 cm³/mol. The van der Waals surface area contributed by atoms with Crippen LogP contribution in [0, 0.1) is 5.92 Å². The lowest BCUT2D eigenvalue weighted by Gasteiger charge is -2.35. The zero-order valence-corrected chi connectivity index (χ0v) is 12.4. The van der Waals surface area contributed by atoms with Crippen molar-refractivity contribution in [2.45, 2.75) is 63.6 Å². The number of nitrogens with zero attached hydrogens (tertiary/aromatic N) is 1. The fourth-order valence-electron chi connectivity index (χ4n) is 3.50. The van der Waals surface area contributed by atoms with E-state index in [1.807, 2.05) is 0 Å². The van der Waals surface area contributed by atoms with E-state index in [1.165, 1.54) is 12.8 Å². The van der Waals surface area contributed by atoms with Gasteiger partial charge in [-0.25, -0.2) is 0 Å². The van der Waals surface area contributed by atoms with Gasteiger partial charge in [0.25, 0.3) is 0 Å². The second-order valence-electron chi connectivity index (χ2n) is 6.31. The second kappa shape index (κ2) is 7.47. The first-order valence-electron chi connectivity index (χ1n) is 8.02. The number of hydrogen-bond donors (Lipinski definition) is 1. The molecule has 6 heteroatoms. The zero-order valence-electron chi connectivity index (χ0n) is 12.4. The van der Waals surface area contributed by atoms with Gasteiger partial charge in [0.15, 0.2) is 0 Å². The van der Waals surface area contributed by atoms with Crippen LogP contribution in [0.25, 0.3) is 0 Å². The van der Waals surface area contributed by atoms with Crippen molar-refractivity contribution in [3.63, 3.8) is 0 Å². The van der Waals surface area contributed by atoms with Crippen LogP contribution >= 0.6 is 0 Å². The smallest absolute Gasteiger partial charge is 0.331 e. The molecule has 1 aliphatic heterocycles. The topological polar surface area (TPSA) is 32.3 Å². The minimum Gasteiger partial charge on any atom is -0.331 e. The second-order valence-corrected chi connectivity index (χ2v) is 6.31. The molecule has 1 heterocycles. The fourth-order valence-corrected chi connectivity index (χ4v) is 3.50. The Hall–Kier alpha value is -0.780. The van der Waals surface area contributed by atoms with E-state index in [0.29, 0.717) is 31.8 Å². The minimum atomic E-state index is -4.31. The van der Waals surface area contributed by atoms with Crippen molar-refractivity contribution >= 4 is 5.91 Å². The van der Waals surface area contributed by atoms with Crippen LogP contribution in [0.15, 0.2) is 0 Å². The van der Waals surface area contributed by atoms with E-state index < -0.39 is 12.7 Å². The lowest BCUT2D eigenvalue weighted by Crippen LogP contribution is -2.49.